The summed E-state index contributed by atoms with van der Waals surface area (Å²) in [6.07, 6.45) is 0. The number of anilines is 1. The van der Waals surface area contributed by atoms with Crippen molar-refractivity contribution in [2.45, 2.75) is 26.3 Å². The molecule has 24 heavy (non-hydrogen) atoms. The van der Waals surface area contributed by atoms with E-state index in [4.69, 9.17) is 5.73 Å². The minimum absolute atomic E-state index is 0.158. The highest BCUT2D eigenvalue weighted by Gasteiger charge is 2.29. The molecule has 3 N–H and O–H groups in total. The van der Waals surface area contributed by atoms with Crippen molar-refractivity contribution in [2.75, 3.05) is 24.5 Å². The summed E-state index contributed by atoms with van der Waals surface area (Å²) >= 11 is 0. The number of nitrogens with zero attached hydrogens (tertiary/aromatic N) is 1. The van der Waals surface area contributed by atoms with Gasteiger partial charge in [0.05, 0.1) is 0 Å². The van der Waals surface area contributed by atoms with Gasteiger partial charge in [0.2, 0.25) is 5.91 Å². The molecular formula is C20H27N3O. The Bertz CT molecular complexity index is 668. The van der Waals surface area contributed by atoms with Crippen molar-refractivity contribution >= 4 is 11.6 Å². The lowest BCUT2D eigenvalue weighted by Crippen LogP contribution is -2.50. The number of rotatable bonds is 7. The molecule has 2 rings (SSSR count). The van der Waals surface area contributed by atoms with Crippen LogP contribution in [-0.4, -0.2) is 25.5 Å². The highest BCUT2D eigenvalue weighted by Crippen LogP contribution is 2.18. The third kappa shape index (κ3) is 4.36. The summed E-state index contributed by atoms with van der Waals surface area (Å²) in [5.74, 6) is -0.158. The SMILES string of the molecule is CCN(CCNC(=O)C(C)(N)c1ccccc1)c1cccc(C)c1. The molecule has 0 fully saturated rings. The average Bonchev–Trinajstić information content (AvgIpc) is 2.59. The number of likely N-dealkylation sites (N-methyl/N-ethyl adjacent to an activating group) is 1. The Kier molecular flexibility index (Phi) is 5.99. The van der Waals surface area contributed by atoms with Crippen LogP contribution in [0.2, 0.25) is 0 Å². The number of carbonyl (C=O) groups excluding carboxylic acids is 1. The molecule has 0 aliphatic rings. The zero-order chi connectivity index (χ0) is 17.6. The second-order valence-corrected chi connectivity index (χ2v) is 6.24. The fraction of sp³-hybridized carbons (Fsp3) is 0.350. The van der Waals surface area contributed by atoms with Crippen LogP contribution >= 0.6 is 0 Å². The predicted molar refractivity (Wildman–Crippen MR) is 100 cm³/mol. The van der Waals surface area contributed by atoms with Gasteiger partial charge in [0.25, 0.3) is 0 Å². The van der Waals surface area contributed by atoms with Crippen LogP contribution in [0, 0.1) is 6.92 Å². The van der Waals surface area contributed by atoms with Gasteiger partial charge >= 0.3 is 0 Å². The minimum Gasteiger partial charge on any atom is -0.370 e. The van der Waals surface area contributed by atoms with E-state index < -0.39 is 5.54 Å². The normalized spacial score (nSPS) is 13.2. The van der Waals surface area contributed by atoms with Crippen LogP contribution in [0.25, 0.3) is 0 Å². The van der Waals surface area contributed by atoms with Crippen LogP contribution < -0.4 is 16.0 Å². The Labute approximate surface area is 144 Å². The largest absolute Gasteiger partial charge is 0.370 e. The maximum absolute atomic E-state index is 12.5. The lowest BCUT2D eigenvalue weighted by molar-refractivity contribution is -0.126. The van der Waals surface area contributed by atoms with Gasteiger partial charge in [-0.1, -0.05) is 42.5 Å². The standard InChI is InChI=1S/C20H27N3O/c1-4-23(18-12-8-9-16(2)15-18)14-13-22-19(24)20(3,21)17-10-6-5-7-11-17/h5-12,15H,4,13-14,21H2,1-3H3,(H,22,24). The molecule has 128 valence electrons. The van der Waals surface area contributed by atoms with Crippen molar-refractivity contribution in [3.8, 4) is 0 Å². The third-order valence-electron chi connectivity index (χ3n) is 4.26. The first-order valence-electron chi connectivity index (χ1n) is 8.39. The smallest absolute Gasteiger partial charge is 0.244 e. The molecule has 0 radical (unpaired) electrons. The van der Waals surface area contributed by atoms with Gasteiger partial charge in [-0.25, -0.2) is 0 Å². The first kappa shape index (κ1) is 18.0. The van der Waals surface area contributed by atoms with E-state index in [1.165, 1.54) is 11.3 Å². The summed E-state index contributed by atoms with van der Waals surface area (Å²) in [4.78, 5) is 14.7. The van der Waals surface area contributed by atoms with Crippen LogP contribution in [0.15, 0.2) is 54.6 Å². The van der Waals surface area contributed by atoms with Gasteiger partial charge in [-0.15, -0.1) is 0 Å². The first-order chi connectivity index (χ1) is 11.4. The van der Waals surface area contributed by atoms with Crippen molar-refractivity contribution in [1.82, 2.24) is 5.32 Å². The van der Waals surface area contributed by atoms with E-state index in [-0.39, 0.29) is 5.91 Å². The van der Waals surface area contributed by atoms with Gasteiger partial charge in [-0.2, -0.15) is 0 Å². The van der Waals surface area contributed by atoms with Crippen LogP contribution in [-0.2, 0) is 10.3 Å². The maximum atomic E-state index is 12.5. The van der Waals surface area contributed by atoms with Crippen molar-refractivity contribution in [3.05, 3.63) is 65.7 Å². The molecule has 0 heterocycles. The summed E-state index contributed by atoms with van der Waals surface area (Å²) in [5.41, 5.74) is 8.43. The molecular weight excluding hydrogens is 298 g/mol. The van der Waals surface area contributed by atoms with E-state index in [0.717, 1.165) is 18.7 Å². The van der Waals surface area contributed by atoms with Gasteiger partial charge in [-0.05, 0) is 44.0 Å². The molecule has 0 aromatic heterocycles. The highest BCUT2D eigenvalue weighted by atomic mass is 16.2. The Balaban J connectivity index is 1.94. The molecule has 4 nitrogen and oxygen atoms in total. The Morgan fingerprint density at radius 3 is 2.50 bits per heavy atom. The zero-order valence-corrected chi connectivity index (χ0v) is 14.8. The molecule has 1 amide bonds. The fourth-order valence-electron chi connectivity index (χ4n) is 2.70. The second-order valence-electron chi connectivity index (χ2n) is 6.24. The van der Waals surface area contributed by atoms with Crippen molar-refractivity contribution < 1.29 is 4.79 Å². The number of amides is 1. The third-order valence-corrected chi connectivity index (χ3v) is 4.26. The summed E-state index contributed by atoms with van der Waals surface area (Å²) in [6, 6.07) is 17.8. The number of nitrogens with two attached hydrogens (primary N) is 1. The van der Waals surface area contributed by atoms with E-state index in [9.17, 15) is 4.79 Å². The van der Waals surface area contributed by atoms with Crippen LogP contribution in [0.3, 0.4) is 0 Å². The Morgan fingerprint density at radius 2 is 1.88 bits per heavy atom. The van der Waals surface area contributed by atoms with Gasteiger partial charge in [0.1, 0.15) is 5.54 Å². The number of hydrogen-bond acceptors (Lipinski definition) is 3. The van der Waals surface area contributed by atoms with Crippen molar-refractivity contribution in [1.29, 1.82) is 0 Å². The molecule has 0 aliphatic heterocycles. The van der Waals surface area contributed by atoms with E-state index in [1.54, 1.807) is 6.92 Å². The van der Waals surface area contributed by atoms with Crippen molar-refractivity contribution in [2.24, 2.45) is 5.73 Å². The average molecular weight is 325 g/mol. The summed E-state index contributed by atoms with van der Waals surface area (Å²) in [6.45, 7) is 8.13. The lowest BCUT2D eigenvalue weighted by Gasteiger charge is -2.27. The van der Waals surface area contributed by atoms with Gasteiger partial charge in [-0.3, -0.25) is 4.79 Å². The second kappa shape index (κ2) is 7.97. The first-order valence-corrected chi connectivity index (χ1v) is 8.39. The Hall–Kier alpha value is -2.33. The number of aryl methyl sites for hydroxylation is 1. The quantitative estimate of drug-likeness (QED) is 0.823. The Morgan fingerprint density at radius 1 is 1.17 bits per heavy atom. The maximum Gasteiger partial charge on any atom is 0.244 e. The van der Waals surface area contributed by atoms with Crippen LogP contribution in [0.5, 0.6) is 0 Å². The predicted octanol–water partition coefficient (Wildman–Crippen LogP) is 2.81. The molecule has 2 aromatic carbocycles. The van der Waals surface area contributed by atoms with E-state index in [0.29, 0.717) is 6.54 Å². The number of benzene rings is 2. The van der Waals surface area contributed by atoms with Gasteiger partial charge in [0, 0.05) is 25.3 Å². The minimum atomic E-state index is -1.03. The number of hydrogen-bond donors (Lipinski definition) is 2. The lowest BCUT2D eigenvalue weighted by atomic mass is 9.92. The summed E-state index contributed by atoms with van der Waals surface area (Å²) in [5, 5.41) is 2.96. The molecule has 0 bridgehead atoms. The van der Waals surface area contributed by atoms with Crippen molar-refractivity contribution in [3.63, 3.8) is 0 Å². The van der Waals surface area contributed by atoms with Gasteiger partial charge in [0.15, 0.2) is 0 Å². The molecule has 4 heteroatoms. The number of carbonyl (C=O) groups is 1. The fourth-order valence-corrected chi connectivity index (χ4v) is 2.70. The number of nitrogens with one attached hydrogen (secondary N) is 1. The van der Waals surface area contributed by atoms with Crippen LogP contribution in [0.1, 0.15) is 25.0 Å². The summed E-state index contributed by atoms with van der Waals surface area (Å²) in [7, 11) is 0. The van der Waals surface area contributed by atoms with E-state index >= 15 is 0 Å². The zero-order valence-electron chi connectivity index (χ0n) is 14.8. The van der Waals surface area contributed by atoms with E-state index in [2.05, 4.69) is 48.3 Å². The summed E-state index contributed by atoms with van der Waals surface area (Å²) < 4.78 is 0. The monoisotopic (exact) mass is 325 g/mol. The molecule has 0 spiro atoms. The molecule has 1 atom stereocenters. The highest BCUT2D eigenvalue weighted by molar-refractivity contribution is 5.87. The molecule has 2 aromatic rings. The van der Waals surface area contributed by atoms with E-state index in [1.807, 2.05) is 30.3 Å². The molecule has 0 aliphatic carbocycles. The van der Waals surface area contributed by atoms with Crippen LogP contribution in [0.4, 0.5) is 5.69 Å². The van der Waals surface area contributed by atoms with Gasteiger partial charge < -0.3 is 16.0 Å². The molecule has 0 saturated carbocycles. The molecule has 1 unspecified atom stereocenters. The molecule has 0 saturated heterocycles. The topological polar surface area (TPSA) is 58.4 Å².